The lowest BCUT2D eigenvalue weighted by Gasteiger charge is -2.11. The van der Waals surface area contributed by atoms with Crippen LogP contribution in [-0.4, -0.2) is 11.7 Å². The third kappa shape index (κ3) is 5.63. The zero-order valence-electron chi connectivity index (χ0n) is 13.6. The van der Waals surface area contributed by atoms with Crippen LogP contribution < -0.4 is 5.32 Å². The molecule has 0 aliphatic carbocycles. The molecule has 0 spiro atoms. The summed E-state index contributed by atoms with van der Waals surface area (Å²) >= 11 is 9.08. The van der Waals surface area contributed by atoms with Gasteiger partial charge < -0.3 is 5.32 Å². The van der Waals surface area contributed by atoms with Gasteiger partial charge in [-0.15, -0.1) is 23.1 Å². The molecule has 0 saturated heterocycles. The first kappa shape index (κ1) is 18.1. The summed E-state index contributed by atoms with van der Waals surface area (Å²) in [7, 11) is 0. The summed E-state index contributed by atoms with van der Waals surface area (Å²) in [6, 6.07) is 22.1. The van der Waals surface area contributed by atoms with E-state index < -0.39 is 0 Å². The zero-order chi connectivity index (χ0) is 17.5. The number of thioether (sulfide) groups is 1. The van der Waals surface area contributed by atoms with Crippen molar-refractivity contribution in [3.63, 3.8) is 0 Å². The van der Waals surface area contributed by atoms with Crippen LogP contribution in [0.5, 0.6) is 0 Å². The van der Waals surface area contributed by atoms with Gasteiger partial charge in [-0.3, -0.25) is 4.79 Å². The van der Waals surface area contributed by atoms with E-state index in [1.54, 1.807) is 23.1 Å². The number of nitrogens with one attached hydrogen (secondary N) is 1. The van der Waals surface area contributed by atoms with E-state index in [2.05, 4.69) is 23.5 Å². The molecule has 128 valence electrons. The summed E-state index contributed by atoms with van der Waals surface area (Å²) in [6.45, 7) is 0. The Morgan fingerprint density at radius 3 is 2.52 bits per heavy atom. The Bertz CT molecular complexity index is 832. The van der Waals surface area contributed by atoms with Gasteiger partial charge in [0.25, 0.3) is 0 Å². The molecule has 2 nitrogen and oxygen atoms in total. The number of carbonyl (C=O) groups excluding carboxylic acids is 1. The first-order valence-electron chi connectivity index (χ1n) is 7.94. The Balaban J connectivity index is 1.55. The smallest absolute Gasteiger partial charge is 0.234 e. The summed E-state index contributed by atoms with van der Waals surface area (Å²) in [6.07, 6.45) is 0.804. The maximum Gasteiger partial charge on any atom is 0.234 e. The summed E-state index contributed by atoms with van der Waals surface area (Å²) in [5, 5.41) is 3.04. The highest BCUT2D eigenvalue weighted by Crippen LogP contribution is 2.25. The first-order chi connectivity index (χ1) is 12.2. The van der Waals surface area contributed by atoms with Crippen molar-refractivity contribution in [1.82, 2.24) is 0 Å². The monoisotopic (exact) mass is 387 g/mol. The Kier molecular flexibility index (Phi) is 6.56. The van der Waals surface area contributed by atoms with E-state index in [0.29, 0.717) is 5.75 Å². The molecular formula is C20H18ClNOS2. The number of para-hydroxylation sites is 1. The molecule has 0 bridgehead atoms. The van der Waals surface area contributed by atoms with E-state index >= 15 is 0 Å². The van der Waals surface area contributed by atoms with Crippen LogP contribution in [0.4, 0.5) is 5.69 Å². The molecule has 0 atom stereocenters. The molecule has 1 amide bonds. The Morgan fingerprint density at radius 1 is 1.00 bits per heavy atom. The molecule has 0 aliphatic heterocycles. The molecule has 0 aliphatic rings. The number of amides is 1. The fraction of sp³-hybridized carbons (Fsp3) is 0.150. The fourth-order valence-electron chi connectivity index (χ4n) is 2.47. The largest absolute Gasteiger partial charge is 0.325 e. The topological polar surface area (TPSA) is 29.1 Å². The van der Waals surface area contributed by atoms with E-state index in [0.717, 1.165) is 27.8 Å². The van der Waals surface area contributed by atoms with E-state index in [-0.39, 0.29) is 5.91 Å². The maximum atomic E-state index is 12.3. The van der Waals surface area contributed by atoms with Gasteiger partial charge in [0.2, 0.25) is 5.91 Å². The molecule has 2 aromatic carbocycles. The third-order valence-electron chi connectivity index (χ3n) is 3.64. The highest BCUT2D eigenvalue weighted by molar-refractivity contribution is 7.99. The molecule has 1 N–H and O–H groups in total. The van der Waals surface area contributed by atoms with Crippen LogP contribution in [0.25, 0.3) is 0 Å². The van der Waals surface area contributed by atoms with E-state index in [4.69, 9.17) is 11.6 Å². The van der Waals surface area contributed by atoms with E-state index in [1.165, 1.54) is 10.4 Å². The standard InChI is InChI=1S/C20H18ClNOS2/c21-19-11-10-17(25-19)13-24-14-20(23)22-18-9-5-4-8-16(18)12-15-6-2-1-3-7-15/h1-11H,12-14H2,(H,22,23). The van der Waals surface area contributed by atoms with Gasteiger partial charge in [0.1, 0.15) is 0 Å². The van der Waals surface area contributed by atoms with Gasteiger partial charge in [0.05, 0.1) is 10.1 Å². The predicted octanol–water partition coefficient (Wildman–Crippen LogP) is 5.86. The maximum absolute atomic E-state index is 12.3. The number of rotatable bonds is 7. The van der Waals surface area contributed by atoms with Gasteiger partial charge in [0, 0.05) is 16.3 Å². The third-order valence-corrected chi connectivity index (χ3v) is 6.03. The second kappa shape index (κ2) is 9.09. The van der Waals surface area contributed by atoms with Crippen molar-refractivity contribution in [2.45, 2.75) is 12.2 Å². The molecule has 1 heterocycles. The quantitative estimate of drug-likeness (QED) is 0.549. The lowest BCUT2D eigenvalue weighted by Crippen LogP contribution is -2.15. The van der Waals surface area contributed by atoms with Crippen LogP contribution in [0.15, 0.2) is 66.7 Å². The second-order valence-corrected chi connectivity index (χ2v) is 8.35. The van der Waals surface area contributed by atoms with Crippen molar-refractivity contribution >= 4 is 46.3 Å². The predicted molar refractivity (Wildman–Crippen MR) is 110 cm³/mol. The fourth-order valence-corrected chi connectivity index (χ4v) is 4.50. The average molecular weight is 388 g/mol. The Labute approximate surface area is 161 Å². The van der Waals surface area contributed by atoms with Crippen LogP contribution in [-0.2, 0) is 17.0 Å². The SMILES string of the molecule is O=C(CSCc1ccc(Cl)s1)Nc1ccccc1Cc1ccccc1. The number of hydrogen-bond acceptors (Lipinski definition) is 3. The first-order valence-corrected chi connectivity index (χ1v) is 10.3. The zero-order valence-corrected chi connectivity index (χ0v) is 16.0. The lowest BCUT2D eigenvalue weighted by atomic mass is 10.0. The molecular weight excluding hydrogens is 370 g/mol. The minimum atomic E-state index is 0.0214. The van der Waals surface area contributed by atoms with Gasteiger partial charge in [-0.05, 0) is 35.7 Å². The lowest BCUT2D eigenvalue weighted by molar-refractivity contribution is -0.113. The number of anilines is 1. The molecule has 3 aromatic rings. The molecule has 0 unspecified atom stereocenters. The van der Waals surface area contributed by atoms with Crippen molar-refractivity contribution in [2.75, 3.05) is 11.1 Å². The highest BCUT2D eigenvalue weighted by Gasteiger charge is 2.08. The second-order valence-electron chi connectivity index (χ2n) is 5.57. The van der Waals surface area contributed by atoms with Crippen molar-refractivity contribution in [1.29, 1.82) is 0 Å². The molecule has 0 saturated carbocycles. The van der Waals surface area contributed by atoms with Crippen molar-refractivity contribution in [3.05, 3.63) is 87.1 Å². The summed E-state index contributed by atoms with van der Waals surface area (Å²) in [4.78, 5) is 13.4. The van der Waals surface area contributed by atoms with Crippen molar-refractivity contribution in [2.24, 2.45) is 0 Å². The molecule has 0 radical (unpaired) electrons. The van der Waals surface area contributed by atoms with Gasteiger partial charge in [0.15, 0.2) is 0 Å². The summed E-state index contributed by atoms with van der Waals surface area (Å²) in [5.41, 5.74) is 3.24. The van der Waals surface area contributed by atoms with Gasteiger partial charge >= 0.3 is 0 Å². The molecule has 5 heteroatoms. The van der Waals surface area contributed by atoms with Gasteiger partial charge in [-0.25, -0.2) is 0 Å². The van der Waals surface area contributed by atoms with Crippen LogP contribution >= 0.6 is 34.7 Å². The van der Waals surface area contributed by atoms with Crippen molar-refractivity contribution in [3.8, 4) is 0 Å². The van der Waals surface area contributed by atoms with Crippen LogP contribution in [0.2, 0.25) is 4.34 Å². The minimum absolute atomic E-state index is 0.0214. The highest BCUT2D eigenvalue weighted by atomic mass is 35.5. The average Bonchev–Trinajstić information content (AvgIpc) is 3.03. The normalized spacial score (nSPS) is 10.6. The molecule has 0 fully saturated rings. The van der Waals surface area contributed by atoms with Crippen LogP contribution in [0.3, 0.4) is 0 Å². The number of hydrogen-bond donors (Lipinski definition) is 1. The number of benzene rings is 2. The number of thiophene rings is 1. The Morgan fingerprint density at radius 2 is 1.76 bits per heavy atom. The number of halogens is 1. The van der Waals surface area contributed by atoms with E-state index in [1.807, 2.05) is 48.5 Å². The Hall–Kier alpha value is -1.75. The summed E-state index contributed by atoms with van der Waals surface area (Å²) < 4.78 is 0.787. The van der Waals surface area contributed by atoms with Gasteiger partial charge in [-0.2, -0.15) is 0 Å². The van der Waals surface area contributed by atoms with Crippen LogP contribution in [0, 0.1) is 0 Å². The van der Waals surface area contributed by atoms with E-state index in [9.17, 15) is 4.79 Å². The van der Waals surface area contributed by atoms with Gasteiger partial charge in [-0.1, -0.05) is 60.1 Å². The summed E-state index contributed by atoms with van der Waals surface area (Å²) in [5.74, 6) is 1.25. The molecule has 25 heavy (non-hydrogen) atoms. The molecule has 1 aromatic heterocycles. The number of carbonyl (C=O) groups is 1. The van der Waals surface area contributed by atoms with Crippen LogP contribution in [0.1, 0.15) is 16.0 Å². The minimum Gasteiger partial charge on any atom is -0.325 e. The molecule has 3 rings (SSSR count). The van der Waals surface area contributed by atoms with Crippen molar-refractivity contribution < 1.29 is 4.79 Å².